The Morgan fingerprint density at radius 3 is 2.63 bits per heavy atom. The highest BCUT2D eigenvalue weighted by atomic mass is 16.3. The average Bonchev–Trinajstić information content (AvgIpc) is 2.55. The van der Waals surface area contributed by atoms with E-state index in [2.05, 4.69) is 25.2 Å². The summed E-state index contributed by atoms with van der Waals surface area (Å²) in [5.41, 5.74) is 3.04. The van der Waals surface area contributed by atoms with E-state index in [4.69, 9.17) is 5.26 Å². The molecule has 1 aromatic heterocycles. The maximum atomic E-state index is 9.45. The normalized spacial score (nSPS) is 13.3. The molecule has 1 unspecified atom stereocenters. The van der Waals surface area contributed by atoms with Crippen molar-refractivity contribution in [3.63, 3.8) is 0 Å². The van der Waals surface area contributed by atoms with Crippen LogP contribution in [0.15, 0.2) is 6.07 Å². The van der Waals surface area contributed by atoms with Crippen molar-refractivity contribution in [1.82, 2.24) is 9.88 Å². The second kappa shape index (κ2) is 6.23. The van der Waals surface area contributed by atoms with Crippen LogP contribution in [0.3, 0.4) is 0 Å². The van der Waals surface area contributed by atoms with Crippen molar-refractivity contribution in [1.29, 1.82) is 5.26 Å². The summed E-state index contributed by atoms with van der Waals surface area (Å²) >= 11 is 0. The van der Waals surface area contributed by atoms with E-state index >= 15 is 0 Å². The van der Waals surface area contributed by atoms with Crippen molar-refractivity contribution >= 4 is 0 Å². The molecule has 0 saturated carbocycles. The van der Waals surface area contributed by atoms with Gasteiger partial charge in [-0.3, -0.25) is 0 Å². The van der Waals surface area contributed by atoms with E-state index < -0.39 is 0 Å². The first-order chi connectivity index (χ1) is 8.76. The molecule has 0 aliphatic carbocycles. The molecule has 1 rings (SSSR count). The van der Waals surface area contributed by atoms with Gasteiger partial charge in [0.25, 0.3) is 0 Å². The van der Waals surface area contributed by atoms with Crippen LogP contribution in [-0.2, 0) is 13.6 Å². The number of nitriles is 1. The van der Waals surface area contributed by atoms with E-state index in [9.17, 15) is 5.11 Å². The Kier molecular flexibility index (Phi) is 5.16. The minimum atomic E-state index is -0.277. The topological polar surface area (TPSA) is 61.0 Å². The molecule has 0 saturated heterocycles. The highest BCUT2D eigenvalue weighted by Gasteiger charge is 2.20. The fourth-order valence-electron chi connectivity index (χ4n) is 2.46. The van der Waals surface area contributed by atoms with Crippen LogP contribution in [0.5, 0.6) is 0 Å². The molecule has 0 spiro atoms. The summed E-state index contributed by atoms with van der Waals surface area (Å²) in [6.07, 6.45) is 0.498. The Balaban J connectivity index is 2.57. The molecule has 1 heterocycles. The predicted molar refractivity (Wildman–Crippen MR) is 76.7 cm³/mol. The SMILES string of the molecule is Cc1c(CNCC(C)(C)CC(C)O)cc(C#N)n1C. The Hall–Kier alpha value is -1.31. The molecule has 1 aromatic rings. The summed E-state index contributed by atoms with van der Waals surface area (Å²) in [6, 6.07) is 4.13. The predicted octanol–water partition coefficient (Wildman–Crippen LogP) is 2.09. The van der Waals surface area contributed by atoms with Gasteiger partial charge >= 0.3 is 0 Å². The van der Waals surface area contributed by atoms with E-state index in [-0.39, 0.29) is 11.5 Å². The van der Waals surface area contributed by atoms with Crippen molar-refractivity contribution < 1.29 is 5.11 Å². The van der Waals surface area contributed by atoms with Crippen LogP contribution < -0.4 is 5.32 Å². The monoisotopic (exact) mass is 263 g/mol. The van der Waals surface area contributed by atoms with Gasteiger partial charge in [-0.15, -0.1) is 0 Å². The Bertz CT molecular complexity index is 466. The standard InChI is InChI=1S/C15H25N3O/c1-11(19)7-15(3,4)10-17-9-13-6-14(8-16)18(5)12(13)2/h6,11,17,19H,7,9-10H2,1-5H3. The van der Waals surface area contributed by atoms with Crippen LogP contribution in [0.1, 0.15) is 44.1 Å². The van der Waals surface area contributed by atoms with Crippen LogP contribution in [0.2, 0.25) is 0 Å². The van der Waals surface area contributed by atoms with E-state index in [1.54, 1.807) is 0 Å². The molecule has 2 N–H and O–H groups in total. The van der Waals surface area contributed by atoms with Gasteiger partial charge in [-0.2, -0.15) is 5.26 Å². The molecule has 4 heteroatoms. The van der Waals surface area contributed by atoms with Gasteiger partial charge in [0.1, 0.15) is 11.8 Å². The van der Waals surface area contributed by atoms with Crippen molar-refractivity contribution in [3.05, 3.63) is 23.0 Å². The number of nitrogens with zero attached hydrogens (tertiary/aromatic N) is 2. The molecule has 0 amide bonds. The fraction of sp³-hybridized carbons (Fsp3) is 0.667. The quantitative estimate of drug-likeness (QED) is 0.826. The summed E-state index contributed by atoms with van der Waals surface area (Å²) < 4.78 is 1.91. The lowest BCUT2D eigenvalue weighted by molar-refractivity contribution is 0.128. The van der Waals surface area contributed by atoms with Crippen LogP contribution in [0.25, 0.3) is 0 Å². The van der Waals surface area contributed by atoms with Gasteiger partial charge in [0.15, 0.2) is 0 Å². The molecule has 0 aliphatic heterocycles. The molecule has 0 bridgehead atoms. The van der Waals surface area contributed by atoms with Gasteiger partial charge < -0.3 is 15.0 Å². The molecule has 0 fully saturated rings. The number of rotatable bonds is 6. The molecule has 0 aromatic carbocycles. The second-order valence-electron chi connectivity index (χ2n) is 6.13. The smallest absolute Gasteiger partial charge is 0.120 e. The third-order valence-corrected chi connectivity index (χ3v) is 3.52. The number of aliphatic hydroxyl groups is 1. The molecule has 19 heavy (non-hydrogen) atoms. The summed E-state index contributed by atoms with van der Waals surface area (Å²) in [5, 5.41) is 21.9. The number of aromatic nitrogens is 1. The number of hydrogen-bond acceptors (Lipinski definition) is 3. The van der Waals surface area contributed by atoms with Crippen LogP contribution in [0, 0.1) is 23.7 Å². The molecular formula is C15H25N3O. The van der Waals surface area contributed by atoms with E-state index in [1.807, 2.05) is 31.5 Å². The molecule has 106 valence electrons. The lowest BCUT2D eigenvalue weighted by Gasteiger charge is -2.26. The van der Waals surface area contributed by atoms with Crippen molar-refractivity contribution in [2.45, 2.75) is 46.8 Å². The van der Waals surface area contributed by atoms with E-state index in [1.165, 1.54) is 0 Å². The fourth-order valence-corrected chi connectivity index (χ4v) is 2.46. The summed E-state index contributed by atoms with van der Waals surface area (Å²) in [6.45, 7) is 9.73. The van der Waals surface area contributed by atoms with Gasteiger partial charge in [-0.05, 0) is 37.3 Å². The van der Waals surface area contributed by atoms with Gasteiger partial charge in [0, 0.05) is 25.8 Å². The third-order valence-electron chi connectivity index (χ3n) is 3.52. The maximum Gasteiger partial charge on any atom is 0.120 e. The average molecular weight is 263 g/mol. The van der Waals surface area contributed by atoms with Crippen molar-refractivity contribution in [2.24, 2.45) is 12.5 Å². The number of aliphatic hydroxyl groups excluding tert-OH is 1. The summed E-state index contributed by atoms with van der Waals surface area (Å²) in [7, 11) is 1.91. The third kappa shape index (κ3) is 4.38. The highest BCUT2D eigenvalue weighted by Crippen LogP contribution is 2.21. The first-order valence-corrected chi connectivity index (χ1v) is 6.71. The lowest BCUT2D eigenvalue weighted by atomic mass is 9.87. The Labute approximate surface area is 116 Å². The van der Waals surface area contributed by atoms with Crippen molar-refractivity contribution in [2.75, 3.05) is 6.54 Å². The highest BCUT2D eigenvalue weighted by molar-refractivity contribution is 5.34. The number of hydrogen-bond donors (Lipinski definition) is 2. The number of nitrogens with one attached hydrogen (secondary N) is 1. The van der Waals surface area contributed by atoms with E-state index in [0.29, 0.717) is 5.69 Å². The Morgan fingerprint density at radius 1 is 1.53 bits per heavy atom. The largest absolute Gasteiger partial charge is 0.393 e. The molecule has 0 aliphatic rings. The molecule has 0 radical (unpaired) electrons. The van der Waals surface area contributed by atoms with Crippen LogP contribution >= 0.6 is 0 Å². The van der Waals surface area contributed by atoms with Crippen LogP contribution in [-0.4, -0.2) is 22.3 Å². The molecule has 4 nitrogen and oxygen atoms in total. The zero-order chi connectivity index (χ0) is 14.6. The maximum absolute atomic E-state index is 9.45. The summed E-state index contributed by atoms with van der Waals surface area (Å²) in [5.74, 6) is 0. The zero-order valence-corrected chi connectivity index (χ0v) is 12.6. The van der Waals surface area contributed by atoms with Crippen molar-refractivity contribution in [3.8, 4) is 6.07 Å². The van der Waals surface area contributed by atoms with E-state index in [0.717, 1.165) is 30.8 Å². The van der Waals surface area contributed by atoms with Gasteiger partial charge in [0.05, 0.1) is 6.10 Å². The minimum Gasteiger partial charge on any atom is -0.393 e. The van der Waals surface area contributed by atoms with Gasteiger partial charge in [-0.1, -0.05) is 13.8 Å². The molecular weight excluding hydrogens is 238 g/mol. The van der Waals surface area contributed by atoms with Gasteiger partial charge in [0.2, 0.25) is 0 Å². The van der Waals surface area contributed by atoms with Crippen LogP contribution in [0.4, 0.5) is 0 Å². The Morgan fingerprint density at radius 2 is 2.16 bits per heavy atom. The summed E-state index contributed by atoms with van der Waals surface area (Å²) in [4.78, 5) is 0. The second-order valence-corrected chi connectivity index (χ2v) is 6.13. The van der Waals surface area contributed by atoms with Gasteiger partial charge in [-0.25, -0.2) is 0 Å². The molecule has 1 atom stereocenters. The minimum absolute atomic E-state index is 0.0644. The first kappa shape index (κ1) is 15.7. The zero-order valence-electron chi connectivity index (χ0n) is 12.6. The first-order valence-electron chi connectivity index (χ1n) is 6.71. The lowest BCUT2D eigenvalue weighted by Crippen LogP contribution is -2.31.